The fourth-order valence-electron chi connectivity index (χ4n) is 3.22. The van der Waals surface area contributed by atoms with Gasteiger partial charge in [0, 0.05) is 24.4 Å². The highest BCUT2D eigenvalue weighted by atomic mass is 19.2. The van der Waals surface area contributed by atoms with Crippen molar-refractivity contribution in [3.05, 3.63) is 77.6 Å². The van der Waals surface area contributed by atoms with Crippen molar-refractivity contribution in [1.29, 1.82) is 0 Å². The second kappa shape index (κ2) is 7.72. The van der Waals surface area contributed by atoms with Crippen LogP contribution in [-0.2, 0) is 11.3 Å². The van der Waals surface area contributed by atoms with Gasteiger partial charge in [0.2, 0.25) is 0 Å². The number of fused-ring (bicyclic) bond motifs is 1. The standard InChI is InChI=1S/C21H17F2N3O2/c22-18-7-3-5-14(19(18)23)10-16-11-15(26-28-16)12-25-21(27)20-17-6-2-1-4-13(17)8-9-24-20/h1-9,16H,10-12H2,(H,25,27). The summed E-state index contributed by atoms with van der Waals surface area (Å²) in [5.41, 5.74) is 1.22. The molecule has 2 heterocycles. The van der Waals surface area contributed by atoms with Gasteiger partial charge in [0.15, 0.2) is 11.6 Å². The molecule has 1 aromatic heterocycles. The zero-order valence-electron chi connectivity index (χ0n) is 14.9. The molecule has 1 amide bonds. The summed E-state index contributed by atoms with van der Waals surface area (Å²) in [6.45, 7) is 0.200. The van der Waals surface area contributed by atoms with E-state index in [-0.39, 0.29) is 30.5 Å². The minimum atomic E-state index is -0.883. The lowest BCUT2D eigenvalue weighted by Crippen LogP contribution is -2.30. The van der Waals surface area contributed by atoms with Gasteiger partial charge < -0.3 is 10.2 Å². The van der Waals surface area contributed by atoms with Crippen molar-refractivity contribution >= 4 is 22.4 Å². The van der Waals surface area contributed by atoms with Crippen LogP contribution in [0, 0.1) is 11.6 Å². The summed E-state index contributed by atoms with van der Waals surface area (Å²) in [6.07, 6.45) is 1.84. The molecule has 28 heavy (non-hydrogen) atoms. The Morgan fingerprint density at radius 3 is 2.89 bits per heavy atom. The number of hydrogen-bond donors (Lipinski definition) is 1. The summed E-state index contributed by atoms with van der Waals surface area (Å²) in [5.74, 6) is -2.06. The zero-order valence-corrected chi connectivity index (χ0v) is 14.9. The first kappa shape index (κ1) is 18.0. The first-order chi connectivity index (χ1) is 13.6. The van der Waals surface area contributed by atoms with Crippen LogP contribution in [-0.4, -0.2) is 29.3 Å². The Bertz CT molecular complexity index is 1060. The Morgan fingerprint density at radius 2 is 2.00 bits per heavy atom. The maximum Gasteiger partial charge on any atom is 0.270 e. The van der Waals surface area contributed by atoms with Gasteiger partial charge >= 0.3 is 0 Å². The molecule has 0 fully saturated rings. The van der Waals surface area contributed by atoms with Crippen molar-refractivity contribution in [2.24, 2.45) is 5.16 Å². The van der Waals surface area contributed by atoms with Crippen LogP contribution in [0.2, 0.25) is 0 Å². The van der Waals surface area contributed by atoms with E-state index in [0.29, 0.717) is 17.8 Å². The highest BCUT2D eigenvalue weighted by molar-refractivity contribution is 6.06. The van der Waals surface area contributed by atoms with Gasteiger partial charge in [-0.3, -0.25) is 9.78 Å². The summed E-state index contributed by atoms with van der Waals surface area (Å²) in [7, 11) is 0. The quantitative estimate of drug-likeness (QED) is 0.734. The molecule has 1 aliphatic heterocycles. The maximum absolute atomic E-state index is 13.8. The molecule has 0 saturated heterocycles. The number of halogens is 2. The molecule has 0 aliphatic carbocycles. The molecular formula is C21H17F2N3O2. The van der Waals surface area contributed by atoms with Gasteiger partial charge in [-0.25, -0.2) is 8.78 Å². The minimum absolute atomic E-state index is 0.200. The van der Waals surface area contributed by atoms with Gasteiger partial charge in [-0.05, 0) is 23.1 Å². The van der Waals surface area contributed by atoms with E-state index in [4.69, 9.17) is 4.84 Å². The van der Waals surface area contributed by atoms with Gasteiger partial charge in [-0.1, -0.05) is 41.6 Å². The molecule has 1 aliphatic rings. The Morgan fingerprint density at radius 1 is 1.14 bits per heavy atom. The molecule has 3 aromatic rings. The fraction of sp³-hybridized carbons (Fsp3) is 0.190. The first-order valence-electron chi connectivity index (χ1n) is 8.88. The van der Waals surface area contributed by atoms with Gasteiger partial charge in [0.05, 0.1) is 12.3 Å². The average Bonchev–Trinajstić information content (AvgIpc) is 3.16. The molecule has 4 rings (SSSR count). The van der Waals surface area contributed by atoms with E-state index in [1.807, 2.05) is 30.3 Å². The summed E-state index contributed by atoms with van der Waals surface area (Å²) in [6, 6.07) is 13.4. The molecule has 0 saturated carbocycles. The highest BCUT2D eigenvalue weighted by Crippen LogP contribution is 2.20. The number of carbonyl (C=O) groups is 1. The SMILES string of the molecule is O=C(NCC1=NOC(Cc2cccc(F)c2F)C1)c1nccc2ccccc12. The maximum atomic E-state index is 13.8. The predicted octanol–water partition coefficient (Wildman–Crippen LogP) is 3.63. The van der Waals surface area contributed by atoms with Gasteiger partial charge in [-0.15, -0.1) is 0 Å². The Kier molecular flexibility index (Phi) is 4.97. The van der Waals surface area contributed by atoms with Crippen molar-refractivity contribution in [3.63, 3.8) is 0 Å². The number of nitrogens with zero attached hydrogens (tertiary/aromatic N) is 2. The lowest BCUT2D eigenvalue weighted by molar-refractivity contribution is 0.0851. The second-order valence-corrected chi connectivity index (χ2v) is 6.57. The molecule has 1 N–H and O–H groups in total. The zero-order chi connectivity index (χ0) is 19.5. The van der Waals surface area contributed by atoms with Gasteiger partial charge in [-0.2, -0.15) is 0 Å². The smallest absolute Gasteiger partial charge is 0.270 e. The summed E-state index contributed by atoms with van der Waals surface area (Å²) < 4.78 is 27.1. The highest BCUT2D eigenvalue weighted by Gasteiger charge is 2.24. The number of nitrogens with one attached hydrogen (secondary N) is 1. The molecule has 7 heteroatoms. The number of oxime groups is 1. The predicted molar refractivity (Wildman–Crippen MR) is 101 cm³/mol. The van der Waals surface area contributed by atoms with Crippen LogP contribution in [0.3, 0.4) is 0 Å². The molecule has 0 bridgehead atoms. The van der Waals surface area contributed by atoms with E-state index in [1.165, 1.54) is 12.1 Å². The van der Waals surface area contributed by atoms with Crippen LogP contribution in [0.5, 0.6) is 0 Å². The van der Waals surface area contributed by atoms with Crippen molar-refractivity contribution in [1.82, 2.24) is 10.3 Å². The number of benzene rings is 2. The Labute approximate surface area is 160 Å². The molecule has 1 unspecified atom stereocenters. The topological polar surface area (TPSA) is 63.6 Å². The monoisotopic (exact) mass is 381 g/mol. The number of amides is 1. The van der Waals surface area contributed by atoms with Crippen molar-refractivity contribution < 1.29 is 18.4 Å². The van der Waals surface area contributed by atoms with E-state index >= 15 is 0 Å². The van der Waals surface area contributed by atoms with Crippen LogP contribution in [0.4, 0.5) is 8.78 Å². The van der Waals surface area contributed by atoms with Gasteiger partial charge in [0.1, 0.15) is 11.8 Å². The number of pyridine rings is 1. The third kappa shape index (κ3) is 3.69. The van der Waals surface area contributed by atoms with Crippen LogP contribution < -0.4 is 5.32 Å². The molecule has 1 atom stereocenters. The van der Waals surface area contributed by atoms with Crippen LogP contribution in [0.25, 0.3) is 10.8 Å². The second-order valence-electron chi connectivity index (χ2n) is 6.57. The van der Waals surface area contributed by atoms with Crippen molar-refractivity contribution in [2.75, 3.05) is 6.54 Å². The van der Waals surface area contributed by atoms with Crippen LogP contribution in [0.15, 0.2) is 59.9 Å². The van der Waals surface area contributed by atoms with Crippen molar-refractivity contribution in [3.8, 4) is 0 Å². The first-order valence-corrected chi connectivity index (χ1v) is 8.88. The third-order valence-electron chi connectivity index (χ3n) is 4.62. The molecule has 2 aromatic carbocycles. The van der Waals surface area contributed by atoms with E-state index in [0.717, 1.165) is 16.8 Å². The van der Waals surface area contributed by atoms with Crippen LogP contribution in [0.1, 0.15) is 22.5 Å². The summed E-state index contributed by atoms with van der Waals surface area (Å²) in [4.78, 5) is 22.0. The number of hydrogen-bond acceptors (Lipinski definition) is 4. The van der Waals surface area contributed by atoms with E-state index < -0.39 is 11.6 Å². The van der Waals surface area contributed by atoms with E-state index in [1.54, 1.807) is 6.20 Å². The lowest BCUT2D eigenvalue weighted by Gasteiger charge is -2.09. The lowest BCUT2D eigenvalue weighted by atomic mass is 10.0. The number of aromatic nitrogens is 1. The summed E-state index contributed by atoms with van der Waals surface area (Å²) >= 11 is 0. The summed E-state index contributed by atoms with van der Waals surface area (Å²) in [5, 5.41) is 8.45. The number of carbonyl (C=O) groups excluding carboxylic acids is 1. The molecule has 5 nitrogen and oxygen atoms in total. The van der Waals surface area contributed by atoms with Gasteiger partial charge in [0.25, 0.3) is 5.91 Å². The normalized spacial score (nSPS) is 15.9. The van der Waals surface area contributed by atoms with Crippen LogP contribution >= 0.6 is 0 Å². The molecular weight excluding hydrogens is 364 g/mol. The van der Waals surface area contributed by atoms with E-state index in [9.17, 15) is 13.6 Å². The minimum Gasteiger partial charge on any atom is -0.392 e. The Balaban J connectivity index is 1.36. The van der Waals surface area contributed by atoms with Crippen molar-refractivity contribution in [2.45, 2.75) is 18.9 Å². The van der Waals surface area contributed by atoms with E-state index in [2.05, 4.69) is 15.5 Å². The fourth-order valence-corrected chi connectivity index (χ4v) is 3.22. The largest absolute Gasteiger partial charge is 0.392 e. The number of rotatable bonds is 5. The third-order valence-corrected chi connectivity index (χ3v) is 4.62. The molecule has 142 valence electrons. The Hall–Kier alpha value is -3.35. The average molecular weight is 381 g/mol. The molecule has 0 spiro atoms. The molecule has 0 radical (unpaired) electrons.